The third kappa shape index (κ3) is 6.58. The first-order valence-corrected chi connectivity index (χ1v) is 10.1. The maximum Gasteiger partial charge on any atom is 0.306 e. The van der Waals surface area contributed by atoms with Crippen LogP contribution in [0.1, 0.15) is 50.3 Å². The van der Waals surface area contributed by atoms with Gasteiger partial charge in [-0.2, -0.15) is 0 Å². The van der Waals surface area contributed by atoms with Gasteiger partial charge >= 0.3 is 5.97 Å². The number of methoxy groups -OCH3 is 1. The van der Waals surface area contributed by atoms with E-state index < -0.39 is 18.2 Å². The van der Waals surface area contributed by atoms with Crippen molar-refractivity contribution in [3.8, 4) is 5.75 Å². The topological polar surface area (TPSA) is 84.9 Å². The van der Waals surface area contributed by atoms with Gasteiger partial charge in [-0.3, -0.25) is 9.59 Å². The van der Waals surface area contributed by atoms with E-state index in [9.17, 15) is 9.59 Å². The zero-order valence-electron chi connectivity index (χ0n) is 16.9. The molecule has 0 radical (unpaired) electrons. The molecule has 29 heavy (non-hydrogen) atoms. The molecule has 7 heteroatoms. The third-order valence-electron chi connectivity index (χ3n) is 4.49. The molecule has 0 aliphatic heterocycles. The molecule has 2 unspecified atom stereocenters. The highest BCUT2D eigenvalue weighted by atomic mass is 79.9. The van der Waals surface area contributed by atoms with Crippen LogP contribution in [0.5, 0.6) is 5.75 Å². The van der Waals surface area contributed by atoms with Gasteiger partial charge < -0.3 is 19.9 Å². The molecule has 0 saturated heterocycles. The van der Waals surface area contributed by atoms with Crippen molar-refractivity contribution in [1.29, 1.82) is 0 Å². The van der Waals surface area contributed by atoms with Crippen LogP contribution in [0, 0.1) is 0 Å². The molecule has 0 aliphatic carbocycles. The smallest absolute Gasteiger partial charge is 0.306 e. The number of ether oxygens (including phenoxy) is 2. The number of hydrogen-bond acceptors (Lipinski definition) is 4. The molecule has 0 fully saturated rings. The second-order valence-corrected chi connectivity index (χ2v) is 7.89. The van der Waals surface area contributed by atoms with Crippen LogP contribution in [-0.4, -0.2) is 30.2 Å². The fraction of sp³-hybridized carbons (Fsp3) is 0.364. The predicted octanol–water partition coefficient (Wildman–Crippen LogP) is 5.14. The molecule has 2 aromatic rings. The van der Waals surface area contributed by atoms with Gasteiger partial charge in [0.25, 0.3) is 5.91 Å². The first kappa shape index (κ1) is 22.9. The quantitative estimate of drug-likeness (QED) is 0.537. The van der Waals surface area contributed by atoms with E-state index in [1.807, 2.05) is 18.2 Å². The molecule has 2 aromatic carbocycles. The Morgan fingerprint density at radius 3 is 2.21 bits per heavy atom. The van der Waals surface area contributed by atoms with E-state index in [2.05, 4.69) is 35.1 Å². The molecule has 0 bridgehead atoms. The van der Waals surface area contributed by atoms with Gasteiger partial charge in [-0.05, 0) is 64.2 Å². The van der Waals surface area contributed by atoms with Gasteiger partial charge in [-0.15, -0.1) is 0 Å². The van der Waals surface area contributed by atoms with Gasteiger partial charge in [0.05, 0.1) is 17.0 Å². The van der Waals surface area contributed by atoms with Crippen molar-refractivity contribution in [3.05, 3.63) is 58.1 Å². The zero-order valence-corrected chi connectivity index (χ0v) is 18.5. The Balaban J connectivity index is 1.99. The van der Waals surface area contributed by atoms with Crippen LogP contribution < -0.4 is 10.1 Å². The fourth-order valence-corrected chi connectivity index (χ4v) is 3.23. The number of carbonyl (C=O) groups excluding carboxylic acids is 1. The summed E-state index contributed by atoms with van der Waals surface area (Å²) in [4.78, 5) is 23.4. The molecule has 2 N–H and O–H groups in total. The summed E-state index contributed by atoms with van der Waals surface area (Å²) in [6, 6.07) is 12.7. The number of hydrogen-bond donors (Lipinski definition) is 2. The maximum absolute atomic E-state index is 12.5. The van der Waals surface area contributed by atoms with Crippen LogP contribution in [0.3, 0.4) is 0 Å². The average molecular weight is 464 g/mol. The summed E-state index contributed by atoms with van der Waals surface area (Å²) in [5.41, 5.74) is 2.50. The number of carbonyl (C=O) groups is 2. The number of benzene rings is 2. The Kier molecular flexibility index (Phi) is 8.22. The lowest BCUT2D eigenvalue weighted by Gasteiger charge is -2.17. The van der Waals surface area contributed by atoms with Crippen LogP contribution in [-0.2, 0) is 14.3 Å². The van der Waals surface area contributed by atoms with Gasteiger partial charge in [-0.25, -0.2) is 0 Å². The normalized spacial score (nSPS) is 13.0. The number of carboxylic acid groups (broad SMARTS) is 1. The zero-order chi connectivity index (χ0) is 21.6. The summed E-state index contributed by atoms with van der Waals surface area (Å²) in [5.74, 6) is -0.222. The average Bonchev–Trinajstić information content (AvgIpc) is 2.67. The van der Waals surface area contributed by atoms with Gasteiger partial charge in [0.1, 0.15) is 5.75 Å². The fourth-order valence-electron chi connectivity index (χ4n) is 2.74. The molecule has 156 valence electrons. The summed E-state index contributed by atoms with van der Waals surface area (Å²) in [7, 11) is 1.47. The van der Waals surface area contributed by atoms with Crippen molar-refractivity contribution < 1.29 is 24.2 Å². The number of rotatable bonds is 9. The number of carboxylic acids is 1. The molecular weight excluding hydrogens is 438 g/mol. The lowest BCUT2D eigenvalue weighted by atomic mass is 10.0. The molecule has 0 aromatic heterocycles. The summed E-state index contributed by atoms with van der Waals surface area (Å²) < 4.78 is 11.8. The summed E-state index contributed by atoms with van der Waals surface area (Å²) >= 11 is 3.49. The molecule has 2 atom stereocenters. The number of aliphatic carboxylic acids is 1. The molecule has 1 amide bonds. The highest BCUT2D eigenvalue weighted by Gasteiger charge is 2.18. The molecule has 6 nitrogen and oxygen atoms in total. The maximum atomic E-state index is 12.5. The van der Waals surface area contributed by atoms with Crippen LogP contribution in [0.25, 0.3) is 0 Å². The Morgan fingerprint density at radius 1 is 1.07 bits per heavy atom. The van der Waals surface area contributed by atoms with Crippen molar-refractivity contribution >= 4 is 33.5 Å². The Hall–Kier alpha value is -2.38. The first-order chi connectivity index (χ1) is 13.7. The minimum atomic E-state index is -0.937. The summed E-state index contributed by atoms with van der Waals surface area (Å²) in [6.45, 7) is 5.90. The van der Waals surface area contributed by atoms with E-state index in [-0.39, 0.29) is 12.3 Å². The predicted molar refractivity (Wildman–Crippen MR) is 115 cm³/mol. The molecule has 0 saturated carbocycles. The molecule has 0 aliphatic rings. The van der Waals surface area contributed by atoms with E-state index in [0.29, 0.717) is 17.4 Å². The van der Waals surface area contributed by atoms with E-state index in [1.54, 1.807) is 31.2 Å². The van der Waals surface area contributed by atoms with Gasteiger partial charge in [0.2, 0.25) is 0 Å². The van der Waals surface area contributed by atoms with E-state index in [0.717, 1.165) is 10.0 Å². The first-order valence-electron chi connectivity index (χ1n) is 9.32. The third-order valence-corrected chi connectivity index (χ3v) is 5.11. The summed E-state index contributed by atoms with van der Waals surface area (Å²) in [6.07, 6.45) is -1.36. The lowest BCUT2D eigenvalue weighted by Crippen LogP contribution is -2.30. The minimum absolute atomic E-state index is 0.127. The second kappa shape index (κ2) is 10.4. The van der Waals surface area contributed by atoms with Crippen molar-refractivity contribution in [2.75, 3.05) is 12.4 Å². The van der Waals surface area contributed by atoms with Crippen molar-refractivity contribution in [2.45, 2.75) is 45.3 Å². The number of amides is 1. The van der Waals surface area contributed by atoms with E-state index in [1.165, 1.54) is 12.7 Å². The standard InChI is InChI=1S/C22H26BrNO5/c1-13(2)16-7-10-19(18(23)11-16)29-14(3)22(27)24-17-8-5-15(6-9-17)20(28-4)12-21(25)26/h5-11,13-14,20H,12H2,1-4H3,(H,24,27)(H,25,26). The van der Waals surface area contributed by atoms with Crippen molar-refractivity contribution in [3.63, 3.8) is 0 Å². The van der Waals surface area contributed by atoms with Crippen molar-refractivity contribution in [1.82, 2.24) is 0 Å². The monoisotopic (exact) mass is 463 g/mol. The van der Waals surface area contributed by atoms with Crippen LogP contribution in [0.15, 0.2) is 46.9 Å². The Labute approximate surface area is 179 Å². The van der Waals surface area contributed by atoms with Gasteiger partial charge in [-0.1, -0.05) is 32.0 Å². The van der Waals surface area contributed by atoms with Gasteiger partial charge in [0, 0.05) is 12.8 Å². The molecule has 0 spiro atoms. The Bertz CT molecular complexity index is 851. The second-order valence-electron chi connectivity index (χ2n) is 7.04. The highest BCUT2D eigenvalue weighted by Crippen LogP contribution is 2.30. The van der Waals surface area contributed by atoms with Crippen molar-refractivity contribution in [2.24, 2.45) is 0 Å². The molecular formula is C22H26BrNO5. The van der Waals surface area contributed by atoms with E-state index in [4.69, 9.17) is 14.6 Å². The largest absolute Gasteiger partial charge is 0.481 e. The van der Waals surface area contributed by atoms with Crippen LogP contribution in [0.4, 0.5) is 5.69 Å². The summed E-state index contributed by atoms with van der Waals surface area (Å²) in [5, 5.41) is 11.7. The molecule has 2 rings (SSSR count). The highest BCUT2D eigenvalue weighted by molar-refractivity contribution is 9.10. The Morgan fingerprint density at radius 2 is 1.69 bits per heavy atom. The van der Waals surface area contributed by atoms with Gasteiger partial charge in [0.15, 0.2) is 6.10 Å². The van der Waals surface area contributed by atoms with E-state index >= 15 is 0 Å². The number of anilines is 1. The minimum Gasteiger partial charge on any atom is -0.481 e. The number of nitrogens with one attached hydrogen (secondary N) is 1. The molecule has 0 heterocycles. The van der Waals surface area contributed by atoms with Crippen LogP contribution in [0.2, 0.25) is 0 Å². The number of halogens is 1. The lowest BCUT2D eigenvalue weighted by molar-refractivity contribution is -0.139. The SMILES string of the molecule is COC(CC(=O)O)c1ccc(NC(=O)C(C)Oc2ccc(C(C)C)cc2Br)cc1. The van der Waals surface area contributed by atoms with Crippen LogP contribution >= 0.6 is 15.9 Å².